The van der Waals surface area contributed by atoms with Crippen molar-refractivity contribution in [1.82, 2.24) is 0 Å². The van der Waals surface area contributed by atoms with E-state index in [0.29, 0.717) is 0 Å². The zero-order chi connectivity index (χ0) is 8.97. The molecular weight excluding hydrogens is 148 g/mol. The van der Waals surface area contributed by atoms with Crippen LogP contribution in [0.25, 0.3) is 0 Å². The van der Waals surface area contributed by atoms with Crippen molar-refractivity contribution in [2.75, 3.05) is 11.9 Å². The van der Waals surface area contributed by atoms with Crippen LogP contribution in [0.1, 0.15) is 12.5 Å². The van der Waals surface area contributed by atoms with Crippen molar-refractivity contribution in [3.05, 3.63) is 23.8 Å². The molecule has 2 nitrogen and oxygen atoms in total. The zero-order valence-corrected chi connectivity index (χ0v) is 7.59. The number of nitrogens with one attached hydrogen (secondary N) is 1. The molecule has 0 aliphatic carbocycles. The third kappa shape index (κ3) is 1.84. The average Bonchev–Trinajstić information content (AvgIpc) is 2.08. The fourth-order valence-corrected chi connectivity index (χ4v) is 1.11. The van der Waals surface area contributed by atoms with Crippen LogP contribution in [0, 0.1) is 6.92 Å². The van der Waals surface area contributed by atoms with E-state index in [1.165, 1.54) is 5.56 Å². The van der Waals surface area contributed by atoms with Gasteiger partial charge in [0.05, 0.1) is 11.4 Å². The van der Waals surface area contributed by atoms with Gasteiger partial charge < -0.3 is 5.32 Å². The van der Waals surface area contributed by atoms with Gasteiger partial charge in [0.25, 0.3) is 0 Å². The molecule has 0 heterocycles. The van der Waals surface area contributed by atoms with Gasteiger partial charge in [-0.2, -0.15) is 0 Å². The number of aryl methyl sites for hydroxylation is 1. The molecular formula is C10H14N2. The molecule has 0 saturated carbocycles. The number of hydrogen-bond donors (Lipinski definition) is 1. The molecule has 1 aromatic rings. The van der Waals surface area contributed by atoms with E-state index in [1.54, 1.807) is 0 Å². The van der Waals surface area contributed by atoms with Crippen molar-refractivity contribution in [3.8, 4) is 0 Å². The molecule has 0 unspecified atom stereocenters. The molecule has 0 atom stereocenters. The molecule has 0 radical (unpaired) electrons. The largest absolute Gasteiger partial charge is 0.384 e. The van der Waals surface area contributed by atoms with E-state index >= 15 is 0 Å². The second-order valence-electron chi connectivity index (χ2n) is 2.71. The molecule has 0 aliphatic rings. The van der Waals surface area contributed by atoms with E-state index in [4.69, 9.17) is 0 Å². The highest BCUT2D eigenvalue weighted by Gasteiger charge is 1.97. The number of anilines is 1. The van der Waals surface area contributed by atoms with Gasteiger partial charge in [0, 0.05) is 6.54 Å². The summed E-state index contributed by atoms with van der Waals surface area (Å²) in [6, 6.07) is 6.11. The summed E-state index contributed by atoms with van der Waals surface area (Å²) in [6.45, 7) is 8.54. The molecule has 2 heteroatoms. The second-order valence-corrected chi connectivity index (χ2v) is 2.71. The quantitative estimate of drug-likeness (QED) is 0.679. The summed E-state index contributed by atoms with van der Waals surface area (Å²) in [4.78, 5) is 3.94. The first-order valence-corrected chi connectivity index (χ1v) is 4.09. The molecule has 64 valence electrons. The van der Waals surface area contributed by atoms with Crippen LogP contribution in [0.5, 0.6) is 0 Å². The van der Waals surface area contributed by atoms with Gasteiger partial charge in [-0.15, -0.1) is 0 Å². The van der Waals surface area contributed by atoms with Crippen LogP contribution in [0.4, 0.5) is 11.4 Å². The number of hydrogen-bond acceptors (Lipinski definition) is 2. The Balaban J connectivity index is 3.02. The predicted octanol–water partition coefficient (Wildman–Crippen LogP) is 2.76. The SMILES string of the molecule is C=Nc1cc(C)ccc1NCC. The van der Waals surface area contributed by atoms with Crippen molar-refractivity contribution in [2.45, 2.75) is 13.8 Å². The summed E-state index contributed by atoms with van der Waals surface area (Å²) in [5, 5.41) is 3.22. The van der Waals surface area contributed by atoms with Gasteiger partial charge >= 0.3 is 0 Å². The normalized spacial score (nSPS) is 9.50. The number of aliphatic imine (C=N–C) groups is 1. The number of benzene rings is 1. The van der Waals surface area contributed by atoms with Crippen molar-refractivity contribution < 1.29 is 0 Å². The fourth-order valence-electron chi connectivity index (χ4n) is 1.11. The maximum Gasteiger partial charge on any atom is 0.0856 e. The Morgan fingerprint density at radius 1 is 1.50 bits per heavy atom. The lowest BCUT2D eigenvalue weighted by Crippen LogP contribution is -1.96. The Labute approximate surface area is 73.3 Å². The lowest BCUT2D eigenvalue weighted by Gasteiger charge is -2.06. The van der Waals surface area contributed by atoms with Crippen LogP contribution in [0.15, 0.2) is 23.2 Å². The first kappa shape index (κ1) is 8.78. The number of nitrogens with zero attached hydrogens (tertiary/aromatic N) is 1. The molecule has 1 rings (SSSR count). The Morgan fingerprint density at radius 2 is 2.25 bits per heavy atom. The highest BCUT2D eigenvalue weighted by molar-refractivity contribution is 5.68. The molecule has 0 saturated heterocycles. The first-order chi connectivity index (χ1) is 5.77. The van der Waals surface area contributed by atoms with Gasteiger partial charge in [0.15, 0.2) is 0 Å². The Hall–Kier alpha value is -1.31. The van der Waals surface area contributed by atoms with Crippen molar-refractivity contribution >= 4 is 18.1 Å². The van der Waals surface area contributed by atoms with Gasteiger partial charge in [-0.1, -0.05) is 6.07 Å². The van der Waals surface area contributed by atoms with Crippen LogP contribution in [0.2, 0.25) is 0 Å². The minimum absolute atomic E-state index is 0.908. The van der Waals surface area contributed by atoms with E-state index in [9.17, 15) is 0 Å². The first-order valence-electron chi connectivity index (χ1n) is 4.09. The van der Waals surface area contributed by atoms with Crippen molar-refractivity contribution in [3.63, 3.8) is 0 Å². The van der Waals surface area contributed by atoms with Crippen LogP contribution in [-0.2, 0) is 0 Å². The second kappa shape index (κ2) is 3.90. The van der Waals surface area contributed by atoms with Crippen molar-refractivity contribution in [2.24, 2.45) is 4.99 Å². The Morgan fingerprint density at radius 3 is 2.83 bits per heavy atom. The third-order valence-electron chi connectivity index (χ3n) is 1.69. The molecule has 0 aliphatic heterocycles. The molecule has 0 bridgehead atoms. The number of rotatable bonds is 3. The lowest BCUT2D eigenvalue weighted by molar-refractivity contribution is 1.21. The molecule has 12 heavy (non-hydrogen) atoms. The maximum atomic E-state index is 3.94. The summed E-state index contributed by atoms with van der Waals surface area (Å²) in [7, 11) is 0. The molecule has 0 fully saturated rings. The standard InChI is InChI=1S/C10H14N2/c1-4-12-9-6-5-8(2)7-10(9)11-3/h5-7,12H,3-4H2,1-2H3. The van der Waals surface area contributed by atoms with Gasteiger partial charge in [-0.05, 0) is 38.3 Å². The monoisotopic (exact) mass is 162 g/mol. The summed E-state index contributed by atoms with van der Waals surface area (Å²) < 4.78 is 0. The molecule has 1 N–H and O–H groups in total. The van der Waals surface area contributed by atoms with Crippen LogP contribution < -0.4 is 5.32 Å². The minimum atomic E-state index is 0.908. The highest BCUT2D eigenvalue weighted by Crippen LogP contribution is 2.24. The molecule has 0 aromatic heterocycles. The fraction of sp³-hybridized carbons (Fsp3) is 0.300. The highest BCUT2D eigenvalue weighted by atomic mass is 14.9. The summed E-state index contributed by atoms with van der Waals surface area (Å²) in [6.07, 6.45) is 0. The topological polar surface area (TPSA) is 24.4 Å². The smallest absolute Gasteiger partial charge is 0.0856 e. The maximum absolute atomic E-state index is 3.94. The van der Waals surface area contributed by atoms with Crippen LogP contribution in [-0.4, -0.2) is 13.3 Å². The van der Waals surface area contributed by atoms with E-state index in [1.807, 2.05) is 19.1 Å². The van der Waals surface area contributed by atoms with E-state index in [-0.39, 0.29) is 0 Å². The molecule has 0 amide bonds. The Kier molecular flexibility index (Phi) is 2.86. The average molecular weight is 162 g/mol. The van der Waals surface area contributed by atoms with E-state index < -0.39 is 0 Å². The zero-order valence-electron chi connectivity index (χ0n) is 7.59. The van der Waals surface area contributed by atoms with Gasteiger partial charge in [-0.25, -0.2) is 0 Å². The minimum Gasteiger partial charge on any atom is -0.384 e. The van der Waals surface area contributed by atoms with E-state index in [0.717, 1.165) is 17.9 Å². The van der Waals surface area contributed by atoms with Crippen LogP contribution >= 0.6 is 0 Å². The van der Waals surface area contributed by atoms with E-state index in [2.05, 4.69) is 30.0 Å². The lowest BCUT2D eigenvalue weighted by atomic mass is 10.2. The predicted molar refractivity (Wildman–Crippen MR) is 54.6 cm³/mol. The summed E-state index contributed by atoms with van der Waals surface area (Å²) in [5.41, 5.74) is 3.19. The van der Waals surface area contributed by atoms with Crippen molar-refractivity contribution in [1.29, 1.82) is 0 Å². The van der Waals surface area contributed by atoms with Gasteiger partial charge in [0.2, 0.25) is 0 Å². The molecule has 1 aromatic carbocycles. The van der Waals surface area contributed by atoms with Crippen LogP contribution in [0.3, 0.4) is 0 Å². The van der Waals surface area contributed by atoms with Gasteiger partial charge in [-0.3, -0.25) is 4.99 Å². The summed E-state index contributed by atoms with van der Waals surface area (Å²) >= 11 is 0. The van der Waals surface area contributed by atoms with Gasteiger partial charge in [0.1, 0.15) is 0 Å². The third-order valence-corrected chi connectivity index (χ3v) is 1.69. The molecule has 0 spiro atoms. The Bertz CT molecular complexity index is 279. The summed E-state index contributed by atoms with van der Waals surface area (Å²) in [5.74, 6) is 0.